The van der Waals surface area contributed by atoms with Gasteiger partial charge in [-0.25, -0.2) is 4.98 Å². The van der Waals surface area contributed by atoms with Gasteiger partial charge in [-0.2, -0.15) is 5.10 Å². The van der Waals surface area contributed by atoms with Gasteiger partial charge in [0.25, 0.3) is 0 Å². The van der Waals surface area contributed by atoms with Gasteiger partial charge in [-0.15, -0.1) is 0 Å². The molecule has 0 aliphatic rings. The summed E-state index contributed by atoms with van der Waals surface area (Å²) in [5, 5.41) is 5.97. The van der Waals surface area contributed by atoms with Crippen molar-refractivity contribution in [2.45, 2.75) is 6.42 Å². The Morgan fingerprint density at radius 2 is 1.88 bits per heavy atom. The molecule has 0 aliphatic heterocycles. The number of ketones is 1. The molecule has 0 atom stereocenters. The number of aromatic nitrogens is 6. The lowest BCUT2D eigenvalue weighted by Gasteiger charge is -2.05. The first-order valence-corrected chi connectivity index (χ1v) is 7.83. The highest BCUT2D eigenvalue weighted by molar-refractivity contribution is 5.97. The Balaban J connectivity index is 1.67. The topological polar surface area (TPSA) is 78.5 Å². The van der Waals surface area contributed by atoms with Gasteiger partial charge >= 0.3 is 0 Å². The van der Waals surface area contributed by atoms with Gasteiger partial charge in [0.05, 0.1) is 42.1 Å². The molecule has 4 aromatic rings. The van der Waals surface area contributed by atoms with Gasteiger partial charge < -0.3 is 4.57 Å². The Morgan fingerprint density at radius 1 is 1.04 bits per heavy atom. The van der Waals surface area contributed by atoms with Gasteiger partial charge in [0.15, 0.2) is 5.78 Å². The molecule has 0 unspecified atom stereocenters. The minimum absolute atomic E-state index is 0.000800. The zero-order valence-corrected chi connectivity index (χ0v) is 13.9. The standard InChI is InChI=1S/C18H16N6O/c1-23-11-19-9-17(23)16-4-12-3-15(20-6-13(12)7-21-16)5-18(25)14-8-22-24(2)10-14/h3-4,6-11H,5H2,1-2H3. The number of nitrogens with zero attached hydrogens (tertiary/aromatic N) is 6. The van der Waals surface area contributed by atoms with E-state index < -0.39 is 0 Å². The molecule has 0 aliphatic carbocycles. The smallest absolute Gasteiger partial charge is 0.171 e. The van der Waals surface area contributed by atoms with E-state index in [1.54, 1.807) is 49.0 Å². The molecule has 7 nitrogen and oxygen atoms in total. The molecule has 0 radical (unpaired) electrons. The van der Waals surface area contributed by atoms with E-state index >= 15 is 0 Å². The molecule has 124 valence electrons. The maximum absolute atomic E-state index is 12.3. The van der Waals surface area contributed by atoms with Crippen molar-refractivity contribution in [3.63, 3.8) is 0 Å². The zero-order valence-electron chi connectivity index (χ0n) is 13.9. The monoisotopic (exact) mass is 332 g/mol. The summed E-state index contributed by atoms with van der Waals surface area (Å²) in [6.45, 7) is 0. The molecule has 4 heterocycles. The molecule has 0 saturated carbocycles. The first-order chi connectivity index (χ1) is 12.1. The molecule has 25 heavy (non-hydrogen) atoms. The third-order valence-electron chi connectivity index (χ3n) is 4.11. The van der Waals surface area contributed by atoms with Crippen LogP contribution in [0.25, 0.3) is 22.2 Å². The van der Waals surface area contributed by atoms with E-state index in [2.05, 4.69) is 20.1 Å². The average molecular weight is 332 g/mol. The van der Waals surface area contributed by atoms with Crippen molar-refractivity contribution < 1.29 is 4.79 Å². The summed E-state index contributed by atoms with van der Waals surface area (Å²) in [7, 11) is 3.72. The fourth-order valence-corrected chi connectivity index (χ4v) is 2.76. The van der Waals surface area contributed by atoms with Gasteiger partial charge in [-0.1, -0.05) is 0 Å². The molecule has 7 heteroatoms. The third-order valence-corrected chi connectivity index (χ3v) is 4.11. The van der Waals surface area contributed by atoms with Crippen molar-refractivity contribution in [1.82, 2.24) is 29.3 Å². The van der Waals surface area contributed by atoms with E-state index in [1.165, 1.54) is 0 Å². The van der Waals surface area contributed by atoms with Crippen molar-refractivity contribution in [1.29, 1.82) is 0 Å². The summed E-state index contributed by atoms with van der Waals surface area (Å²) in [5.74, 6) is 0.000800. The number of imidazole rings is 1. The van der Waals surface area contributed by atoms with E-state index in [1.807, 2.05) is 23.7 Å². The molecule has 0 bridgehead atoms. The van der Waals surface area contributed by atoms with Crippen molar-refractivity contribution in [3.05, 3.63) is 60.7 Å². The van der Waals surface area contributed by atoms with Crippen LogP contribution in [0.4, 0.5) is 0 Å². The highest BCUT2D eigenvalue weighted by Gasteiger charge is 2.11. The van der Waals surface area contributed by atoms with Crippen LogP contribution in [-0.2, 0) is 20.5 Å². The van der Waals surface area contributed by atoms with Gasteiger partial charge in [-0.3, -0.25) is 19.4 Å². The molecule has 0 saturated heterocycles. The predicted octanol–water partition coefficient (Wildman–Crippen LogP) is 2.19. The van der Waals surface area contributed by atoms with E-state index in [0.29, 0.717) is 5.56 Å². The van der Waals surface area contributed by atoms with Crippen LogP contribution in [0.1, 0.15) is 16.1 Å². The molecule has 0 spiro atoms. The number of carbonyl (C=O) groups is 1. The van der Waals surface area contributed by atoms with E-state index in [9.17, 15) is 4.79 Å². The first kappa shape index (κ1) is 15.2. The largest absolute Gasteiger partial charge is 0.332 e. The molecule has 4 aromatic heterocycles. The van der Waals surface area contributed by atoms with E-state index in [-0.39, 0.29) is 12.2 Å². The molecule has 0 N–H and O–H groups in total. The summed E-state index contributed by atoms with van der Waals surface area (Å²) in [6.07, 6.45) is 10.6. The third kappa shape index (κ3) is 2.91. The van der Waals surface area contributed by atoms with Gasteiger partial charge in [0, 0.05) is 43.8 Å². The van der Waals surface area contributed by atoms with Crippen molar-refractivity contribution >= 4 is 16.6 Å². The van der Waals surface area contributed by atoms with Crippen LogP contribution in [0.5, 0.6) is 0 Å². The maximum Gasteiger partial charge on any atom is 0.171 e. The average Bonchev–Trinajstić information content (AvgIpc) is 3.22. The number of rotatable bonds is 4. The minimum Gasteiger partial charge on any atom is -0.332 e. The zero-order chi connectivity index (χ0) is 17.4. The number of fused-ring (bicyclic) bond motifs is 1. The molecular formula is C18H16N6O. The van der Waals surface area contributed by atoms with E-state index in [4.69, 9.17) is 0 Å². The predicted molar refractivity (Wildman–Crippen MR) is 93.0 cm³/mol. The Morgan fingerprint density at radius 3 is 2.60 bits per heavy atom. The first-order valence-electron chi connectivity index (χ1n) is 7.83. The Bertz CT molecular complexity index is 1080. The Hall–Kier alpha value is -3.35. The fraction of sp³-hybridized carbons (Fsp3) is 0.167. The maximum atomic E-state index is 12.3. The van der Waals surface area contributed by atoms with Crippen molar-refractivity contribution in [2.75, 3.05) is 0 Å². The van der Waals surface area contributed by atoms with Gasteiger partial charge in [0.2, 0.25) is 0 Å². The number of aryl methyl sites for hydroxylation is 2. The van der Waals surface area contributed by atoms with Gasteiger partial charge in [0.1, 0.15) is 0 Å². The molecule has 0 aromatic carbocycles. The normalized spacial score (nSPS) is 11.1. The van der Waals surface area contributed by atoms with Gasteiger partial charge in [-0.05, 0) is 17.5 Å². The second-order valence-electron chi connectivity index (χ2n) is 5.98. The number of pyridine rings is 2. The Labute approximate surface area is 144 Å². The summed E-state index contributed by atoms with van der Waals surface area (Å²) in [5.41, 5.74) is 3.09. The van der Waals surface area contributed by atoms with Crippen LogP contribution in [-0.4, -0.2) is 35.1 Å². The number of Topliss-reactive ketones (excluding diaryl/α,β-unsaturated/α-hetero) is 1. The Kier molecular flexibility index (Phi) is 3.61. The summed E-state index contributed by atoms with van der Waals surface area (Å²) < 4.78 is 3.54. The lowest BCUT2D eigenvalue weighted by atomic mass is 10.1. The quantitative estimate of drug-likeness (QED) is 0.535. The molecule has 4 rings (SSSR count). The fourth-order valence-electron chi connectivity index (χ4n) is 2.76. The molecule has 0 fully saturated rings. The lowest BCUT2D eigenvalue weighted by molar-refractivity contribution is 0.0992. The van der Waals surface area contributed by atoms with Crippen molar-refractivity contribution in [3.8, 4) is 11.4 Å². The number of hydrogen-bond acceptors (Lipinski definition) is 5. The molecule has 0 amide bonds. The molecular weight excluding hydrogens is 316 g/mol. The van der Waals surface area contributed by atoms with Crippen LogP contribution in [0.3, 0.4) is 0 Å². The van der Waals surface area contributed by atoms with Crippen LogP contribution < -0.4 is 0 Å². The minimum atomic E-state index is 0.000800. The lowest BCUT2D eigenvalue weighted by Crippen LogP contribution is -2.04. The van der Waals surface area contributed by atoms with Crippen LogP contribution in [0.2, 0.25) is 0 Å². The second kappa shape index (κ2) is 5.94. The summed E-state index contributed by atoms with van der Waals surface area (Å²) >= 11 is 0. The number of hydrogen-bond donors (Lipinski definition) is 0. The van der Waals surface area contributed by atoms with E-state index in [0.717, 1.165) is 27.9 Å². The number of carbonyl (C=O) groups excluding carboxylic acids is 1. The van der Waals surface area contributed by atoms with Crippen molar-refractivity contribution in [2.24, 2.45) is 14.1 Å². The van der Waals surface area contributed by atoms with Crippen LogP contribution >= 0.6 is 0 Å². The second-order valence-corrected chi connectivity index (χ2v) is 5.98. The van der Waals surface area contributed by atoms with Crippen LogP contribution in [0.15, 0.2) is 49.4 Å². The highest BCUT2D eigenvalue weighted by Crippen LogP contribution is 2.21. The SMILES string of the molecule is Cn1cc(C(=O)Cc2cc3cc(-c4cncn4C)ncc3cn2)cn1. The summed E-state index contributed by atoms with van der Waals surface area (Å²) in [6, 6.07) is 3.93. The highest BCUT2D eigenvalue weighted by atomic mass is 16.1. The summed E-state index contributed by atoms with van der Waals surface area (Å²) in [4.78, 5) is 25.3. The van der Waals surface area contributed by atoms with Crippen LogP contribution in [0, 0.1) is 0 Å².